The molecule has 0 saturated heterocycles. The summed E-state index contributed by atoms with van der Waals surface area (Å²) in [6.07, 6.45) is 7.50. The molecule has 0 aliphatic carbocycles. The van der Waals surface area contributed by atoms with Crippen molar-refractivity contribution >= 4 is 0 Å². The molecule has 70 valence electrons. The lowest BCUT2D eigenvalue weighted by Crippen LogP contribution is -2.07. The van der Waals surface area contributed by atoms with Crippen molar-refractivity contribution in [3.8, 4) is 0 Å². The topological polar surface area (TPSA) is 12.0 Å². The van der Waals surface area contributed by atoms with Gasteiger partial charge in [0.25, 0.3) is 0 Å². The molecule has 0 bridgehead atoms. The lowest BCUT2D eigenvalue weighted by atomic mass is 10.1. The number of hydrogen-bond donors (Lipinski definition) is 1. The standard InChI is InChI=1S/C9H17N.C2H4/c1-4-6-9(5-2)7-8-10-3;1-2/h4-6,10H,7-8H2,1-3H3;1-2H2/b6-4-,9-5+;. The van der Waals surface area contributed by atoms with Crippen LogP contribution in [-0.2, 0) is 0 Å². The molecule has 0 aromatic heterocycles. The van der Waals surface area contributed by atoms with Gasteiger partial charge in [-0.05, 0) is 33.9 Å². The zero-order valence-electron chi connectivity index (χ0n) is 8.56. The Morgan fingerprint density at radius 2 is 1.92 bits per heavy atom. The van der Waals surface area contributed by atoms with Crippen molar-refractivity contribution in [2.24, 2.45) is 0 Å². The Bertz CT molecular complexity index is 134. The Hall–Kier alpha value is -0.820. The fourth-order valence-electron chi connectivity index (χ4n) is 0.807. The quantitative estimate of drug-likeness (QED) is 0.501. The second-order valence-corrected chi connectivity index (χ2v) is 2.22. The van der Waals surface area contributed by atoms with Gasteiger partial charge in [0.15, 0.2) is 0 Å². The summed E-state index contributed by atoms with van der Waals surface area (Å²) in [5, 5.41) is 3.12. The first-order valence-corrected chi connectivity index (χ1v) is 4.27. The van der Waals surface area contributed by atoms with Gasteiger partial charge in [-0.1, -0.05) is 23.8 Å². The fourth-order valence-corrected chi connectivity index (χ4v) is 0.807. The third-order valence-corrected chi connectivity index (χ3v) is 1.42. The van der Waals surface area contributed by atoms with Gasteiger partial charge in [0.2, 0.25) is 0 Å². The van der Waals surface area contributed by atoms with Crippen LogP contribution in [0, 0.1) is 0 Å². The van der Waals surface area contributed by atoms with Crippen LogP contribution in [0.15, 0.2) is 37.0 Å². The van der Waals surface area contributed by atoms with Crippen molar-refractivity contribution in [3.63, 3.8) is 0 Å². The summed E-state index contributed by atoms with van der Waals surface area (Å²) in [4.78, 5) is 0. The van der Waals surface area contributed by atoms with Gasteiger partial charge in [0.05, 0.1) is 0 Å². The zero-order chi connectivity index (χ0) is 9.82. The third kappa shape index (κ3) is 9.18. The van der Waals surface area contributed by atoms with Gasteiger partial charge >= 0.3 is 0 Å². The summed E-state index contributed by atoms with van der Waals surface area (Å²) in [5.74, 6) is 0. The molecule has 0 radical (unpaired) electrons. The second kappa shape index (κ2) is 12.8. The molecule has 0 atom stereocenters. The molecule has 0 saturated carbocycles. The average Bonchev–Trinajstić information content (AvgIpc) is 2.15. The maximum atomic E-state index is 3.12. The average molecular weight is 167 g/mol. The van der Waals surface area contributed by atoms with E-state index in [1.807, 2.05) is 14.0 Å². The van der Waals surface area contributed by atoms with E-state index in [0.717, 1.165) is 13.0 Å². The van der Waals surface area contributed by atoms with Gasteiger partial charge in [-0.25, -0.2) is 0 Å². The predicted molar refractivity (Wildman–Crippen MR) is 58.4 cm³/mol. The molecule has 0 aliphatic rings. The molecule has 1 heteroatoms. The van der Waals surface area contributed by atoms with E-state index in [9.17, 15) is 0 Å². The van der Waals surface area contributed by atoms with E-state index in [4.69, 9.17) is 0 Å². The highest BCUT2D eigenvalue weighted by molar-refractivity contribution is 5.17. The van der Waals surface area contributed by atoms with Crippen LogP contribution < -0.4 is 5.32 Å². The molecule has 1 N–H and O–H groups in total. The van der Waals surface area contributed by atoms with Crippen LogP contribution in [0.1, 0.15) is 20.3 Å². The van der Waals surface area contributed by atoms with Gasteiger partial charge in [0, 0.05) is 0 Å². The van der Waals surface area contributed by atoms with Gasteiger partial charge in [0.1, 0.15) is 0 Å². The summed E-state index contributed by atoms with van der Waals surface area (Å²) in [5.41, 5.74) is 1.40. The highest BCUT2D eigenvalue weighted by Crippen LogP contribution is 2.00. The molecule has 0 spiro atoms. The molecule has 0 unspecified atom stereocenters. The van der Waals surface area contributed by atoms with E-state index in [-0.39, 0.29) is 0 Å². The molecule has 0 rings (SSSR count). The van der Waals surface area contributed by atoms with Gasteiger partial charge < -0.3 is 5.32 Å². The van der Waals surface area contributed by atoms with E-state index in [0.29, 0.717) is 0 Å². The molecule has 0 heterocycles. The first-order chi connectivity index (χ1) is 5.85. The second-order valence-electron chi connectivity index (χ2n) is 2.22. The Morgan fingerprint density at radius 3 is 2.25 bits per heavy atom. The van der Waals surface area contributed by atoms with E-state index in [1.165, 1.54) is 5.57 Å². The van der Waals surface area contributed by atoms with Crippen LogP contribution in [0.5, 0.6) is 0 Å². The summed E-state index contributed by atoms with van der Waals surface area (Å²) >= 11 is 0. The highest BCUT2D eigenvalue weighted by Gasteiger charge is 1.87. The van der Waals surface area contributed by atoms with Crippen LogP contribution >= 0.6 is 0 Å². The SMILES string of the molecule is C/C=C\C(=C/C)CCNC.C=C. The molecule has 0 aliphatic heterocycles. The van der Waals surface area contributed by atoms with Crippen LogP contribution in [-0.4, -0.2) is 13.6 Å². The fraction of sp³-hybridized carbons (Fsp3) is 0.455. The van der Waals surface area contributed by atoms with Gasteiger partial charge in [-0.2, -0.15) is 0 Å². The van der Waals surface area contributed by atoms with Crippen LogP contribution in [0.2, 0.25) is 0 Å². The lowest BCUT2D eigenvalue weighted by molar-refractivity contribution is 0.793. The van der Waals surface area contributed by atoms with Crippen molar-refractivity contribution in [2.75, 3.05) is 13.6 Å². The lowest BCUT2D eigenvalue weighted by Gasteiger charge is -1.98. The Labute approximate surface area is 76.9 Å². The monoisotopic (exact) mass is 167 g/mol. The van der Waals surface area contributed by atoms with E-state index in [1.54, 1.807) is 0 Å². The Kier molecular flexibility index (Phi) is 14.7. The van der Waals surface area contributed by atoms with E-state index >= 15 is 0 Å². The summed E-state index contributed by atoms with van der Waals surface area (Å²) in [6, 6.07) is 0. The largest absolute Gasteiger partial charge is 0.319 e. The third-order valence-electron chi connectivity index (χ3n) is 1.42. The molecule has 12 heavy (non-hydrogen) atoms. The van der Waals surface area contributed by atoms with Crippen LogP contribution in [0.3, 0.4) is 0 Å². The normalized spacial score (nSPS) is 11.1. The highest BCUT2D eigenvalue weighted by atomic mass is 14.8. The van der Waals surface area contributed by atoms with Crippen molar-refractivity contribution < 1.29 is 0 Å². The van der Waals surface area contributed by atoms with E-state index in [2.05, 4.69) is 43.6 Å². The molecule has 0 aromatic rings. The Morgan fingerprint density at radius 1 is 1.33 bits per heavy atom. The van der Waals surface area contributed by atoms with Crippen molar-refractivity contribution in [1.29, 1.82) is 0 Å². The van der Waals surface area contributed by atoms with Gasteiger partial charge in [-0.15, -0.1) is 13.2 Å². The maximum Gasteiger partial charge on any atom is -0.00115 e. The maximum absolute atomic E-state index is 3.12. The van der Waals surface area contributed by atoms with Crippen molar-refractivity contribution in [1.82, 2.24) is 5.32 Å². The minimum Gasteiger partial charge on any atom is -0.319 e. The first kappa shape index (κ1) is 13.7. The van der Waals surface area contributed by atoms with Crippen molar-refractivity contribution in [3.05, 3.63) is 37.0 Å². The molecule has 1 nitrogen and oxygen atoms in total. The van der Waals surface area contributed by atoms with Gasteiger partial charge in [-0.3, -0.25) is 0 Å². The predicted octanol–water partition coefficient (Wildman–Crippen LogP) is 2.92. The Balaban J connectivity index is 0. The molecule has 0 fully saturated rings. The number of nitrogens with one attached hydrogen (secondary N) is 1. The number of hydrogen-bond acceptors (Lipinski definition) is 1. The molecule has 0 amide bonds. The van der Waals surface area contributed by atoms with Crippen LogP contribution in [0.25, 0.3) is 0 Å². The molecule has 0 aromatic carbocycles. The number of rotatable bonds is 4. The van der Waals surface area contributed by atoms with Crippen LogP contribution in [0.4, 0.5) is 0 Å². The summed E-state index contributed by atoms with van der Waals surface area (Å²) in [7, 11) is 1.98. The van der Waals surface area contributed by atoms with Crippen molar-refractivity contribution in [2.45, 2.75) is 20.3 Å². The molecular formula is C11H21N. The summed E-state index contributed by atoms with van der Waals surface area (Å²) in [6.45, 7) is 11.2. The minimum atomic E-state index is 1.06. The van der Waals surface area contributed by atoms with E-state index < -0.39 is 0 Å². The smallest absolute Gasteiger partial charge is 0.00115 e. The minimum absolute atomic E-state index is 1.06. The zero-order valence-corrected chi connectivity index (χ0v) is 8.56. The summed E-state index contributed by atoms with van der Waals surface area (Å²) < 4.78 is 0. The number of allylic oxidation sites excluding steroid dienone is 3. The first-order valence-electron chi connectivity index (χ1n) is 4.27. The molecular weight excluding hydrogens is 146 g/mol.